The lowest BCUT2D eigenvalue weighted by Gasteiger charge is -2.20. The lowest BCUT2D eigenvalue weighted by molar-refractivity contribution is 0.755. The van der Waals surface area contributed by atoms with Gasteiger partial charge in [-0.3, -0.25) is 0 Å². The van der Waals surface area contributed by atoms with Crippen LogP contribution in [0.15, 0.2) is 12.1 Å². The van der Waals surface area contributed by atoms with Crippen molar-refractivity contribution in [1.82, 2.24) is 0 Å². The lowest BCUT2D eigenvalue weighted by Crippen LogP contribution is -2.06. The predicted octanol–water partition coefficient (Wildman–Crippen LogP) is 3.97. The average Bonchev–Trinajstić information content (AvgIpc) is 2.29. The maximum atomic E-state index is 3.54. The van der Waals surface area contributed by atoms with Gasteiger partial charge in [-0.2, -0.15) is 0 Å². The van der Waals surface area contributed by atoms with E-state index in [2.05, 4.69) is 32.4 Å². The van der Waals surface area contributed by atoms with Gasteiger partial charge in [0, 0.05) is 6.42 Å². The molecule has 1 aliphatic rings. The molecule has 2 radical (unpaired) electrons. The van der Waals surface area contributed by atoms with Crippen LogP contribution in [0.2, 0.25) is 0 Å². The van der Waals surface area contributed by atoms with E-state index in [0.29, 0.717) is 0 Å². The summed E-state index contributed by atoms with van der Waals surface area (Å²) in [5, 5.41) is 0. The second kappa shape index (κ2) is 4.83. The van der Waals surface area contributed by atoms with E-state index in [4.69, 9.17) is 0 Å². The first-order valence-electron chi connectivity index (χ1n) is 6.23. The highest BCUT2D eigenvalue weighted by atomic mass is 14.2. The Morgan fingerprint density at radius 2 is 2.13 bits per heavy atom. The highest BCUT2D eigenvalue weighted by Gasteiger charge is 2.14. The maximum Gasteiger partial charge on any atom is 0.0168 e. The molecule has 80 valence electrons. The summed E-state index contributed by atoms with van der Waals surface area (Å²) in [6.45, 7) is 4.50. The van der Waals surface area contributed by atoms with Gasteiger partial charge in [-0.25, -0.2) is 0 Å². The molecular weight excluding hydrogens is 180 g/mol. The number of hydrogen-bond acceptors (Lipinski definition) is 0. The third-order valence-electron chi connectivity index (χ3n) is 3.25. The van der Waals surface area contributed by atoms with Gasteiger partial charge in [-0.15, -0.1) is 0 Å². The summed E-state index contributed by atoms with van der Waals surface area (Å²) in [6, 6.07) is 4.75. The summed E-state index contributed by atoms with van der Waals surface area (Å²) < 4.78 is 0. The van der Waals surface area contributed by atoms with Crippen molar-refractivity contribution in [3.05, 3.63) is 40.8 Å². The third-order valence-corrected chi connectivity index (χ3v) is 3.25. The molecule has 0 unspecified atom stereocenters. The highest BCUT2D eigenvalue weighted by Crippen LogP contribution is 2.28. The first-order valence-corrected chi connectivity index (χ1v) is 6.23. The van der Waals surface area contributed by atoms with Gasteiger partial charge in [0.25, 0.3) is 0 Å². The molecule has 0 nitrogen and oxygen atoms in total. The summed E-state index contributed by atoms with van der Waals surface area (Å²) in [5.74, 6) is 0. The lowest BCUT2D eigenvalue weighted by atomic mass is 9.85. The van der Waals surface area contributed by atoms with Gasteiger partial charge in [0.15, 0.2) is 0 Å². The minimum Gasteiger partial charge on any atom is -0.0651 e. The van der Waals surface area contributed by atoms with Gasteiger partial charge in [-0.1, -0.05) is 32.4 Å². The minimum absolute atomic E-state index is 1.14. The average molecular weight is 200 g/mol. The van der Waals surface area contributed by atoms with Gasteiger partial charge < -0.3 is 0 Å². The van der Waals surface area contributed by atoms with Crippen molar-refractivity contribution in [3.63, 3.8) is 0 Å². The van der Waals surface area contributed by atoms with Crippen molar-refractivity contribution in [2.75, 3.05) is 0 Å². The first-order chi connectivity index (χ1) is 7.35. The van der Waals surface area contributed by atoms with Gasteiger partial charge in [-0.05, 0) is 54.4 Å². The van der Waals surface area contributed by atoms with Gasteiger partial charge >= 0.3 is 0 Å². The predicted molar refractivity (Wildman–Crippen MR) is 65.1 cm³/mol. The summed E-state index contributed by atoms with van der Waals surface area (Å²) in [4.78, 5) is 0. The molecule has 0 saturated heterocycles. The number of hydrogen-bond donors (Lipinski definition) is 0. The van der Waals surface area contributed by atoms with Crippen LogP contribution in [0.1, 0.15) is 55.4 Å². The van der Waals surface area contributed by atoms with Crippen molar-refractivity contribution in [3.8, 4) is 0 Å². The van der Waals surface area contributed by atoms with Crippen LogP contribution in [-0.4, -0.2) is 0 Å². The van der Waals surface area contributed by atoms with E-state index in [1.54, 1.807) is 11.1 Å². The largest absolute Gasteiger partial charge is 0.0651 e. The fourth-order valence-corrected chi connectivity index (χ4v) is 2.44. The molecule has 0 bridgehead atoms. The summed E-state index contributed by atoms with van der Waals surface area (Å²) in [6.07, 6.45) is 10.9. The van der Waals surface area contributed by atoms with E-state index >= 15 is 0 Å². The van der Waals surface area contributed by atoms with Crippen molar-refractivity contribution in [2.45, 2.75) is 52.4 Å². The standard InChI is InChI=1S/C15H20/c1-3-7-13-10-12(4-2)11-14-8-5-6-9-15(13)14/h10-11H,3-7,9H2,1-2H3. The molecule has 15 heavy (non-hydrogen) atoms. The Balaban J connectivity index is 2.41. The Labute approximate surface area is 93.7 Å². The molecule has 0 aromatic heterocycles. The first kappa shape index (κ1) is 10.7. The van der Waals surface area contributed by atoms with Crippen LogP contribution in [-0.2, 0) is 19.3 Å². The second-order valence-corrected chi connectivity index (χ2v) is 4.41. The van der Waals surface area contributed by atoms with E-state index < -0.39 is 0 Å². The highest BCUT2D eigenvalue weighted by molar-refractivity contribution is 5.44. The van der Waals surface area contributed by atoms with Crippen molar-refractivity contribution in [1.29, 1.82) is 0 Å². The normalized spacial score (nSPS) is 15.1. The van der Waals surface area contributed by atoms with E-state index in [9.17, 15) is 0 Å². The van der Waals surface area contributed by atoms with Crippen LogP contribution in [0.4, 0.5) is 0 Å². The maximum absolute atomic E-state index is 3.54. The van der Waals surface area contributed by atoms with Gasteiger partial charge in [0.1, 0.15) is 0 Å². The van der Waals surface area contributed by atoms with Crippen molar-refractivity contribution >= 4 is 0 Å². The molecule has 0 N–H and O–H groups in total. The molecule has 1 aromatic carbocycles. The molecule has 0 heterocycles. The Morgan fingerprint density at radius 3 is 2.87 bits per heavy atom. The van der Waals surface area contributed by atoms with Crippen LogP contribution in [0.3, 0.4) is 0 Å². The van der Waals surface area contributed by atoms with Gasteiger partial charge in [0.05, 0.1) is 0 Å². The van der Waals surface area contributed by atoms with Crippen LogP contribution in [0.25, 0.3) is 0 Å². The Morgan fingerprint density at radius 1 is 1.27 bits per heavy atom. The zero-order valence-corrected chi connectivity index (χ0v) is 9.90. The fourth-order valence-electron chi connectivity index (χ4n) is 2.44. The molecule has 0 heteroatoms. The molecule has 0 fully saturated rings. The molecule has 2 rings (SSSR count). The van der Waals surface area contributed by atoms with E-state index in [-0.39, 0.29) is 0 Å². The Bertz CT molecular complexity index is 336. The molecular formula is C15H20. The van der Waals surface area contributed by atoms with Crippen molar-refractivity contribution in [2.24, 2.45) is 0 Å². The zero-order valence-electron chi connectivity index (χ0n) is 9.90. The summed E-state index contributed by atoms with van der Waals surface area (Å²) >= 11 is 0. The zero-order chi connectivity index (χ0) is 10.7. The molecule has 0 aliphatic heterocycles. The van der Waals surface area contributed by atoms with Crippen LogP contribution >= 0.6 is 0 Å². The molecule has 0 atom stereocenters. The van der Waals surface area contributed by atoms with E-state index in [1.807, 2.05) is 0 Å². The van der Waals surface area contributed by atoms with Crippen LogP contribution < -0.4 is 0 Å². The SMILES string of the molecule is CCCc1cc(CC)cc2c1CCC[C]2. The third kappa shape index (κ3) is 2.25. The van der Waals surface area contributed by atoms with Crippen LogP contribution in [0.5, 0.6) is 0 Å². The Kier molecular flexibility index (Phi) is 3.45. The molecule has 0 amide bonds. The number of benzene rings is 1. The van der Waals surface area contributed by atoms with Crippen LogP contribution in [0, 0.1) is 6.42 Å². The van der Waals surface area contributed by atoms with Gasteiger partial charge in [0.2, 0.25) is 0 Å². The Hall–Kier alpha value is -0.780. The summed E-state index contributed by atoms with van der Waals surface area (Å²) in [7, 11) is 0. The number of fused-ring (bicyclic) bond motifs is 1. The topological polar surface area (TPSA) is 0 Å². The monoisotopic (exact) mass is 200 g/mol. The smallest absolute Gasteiger partial charge is 0.0168 e. The molecule has 1 aliphatic carbocycles. The number of aryl methyl sites for hydroxylation is 2. The minimum atomic E-state index is 1.14. The van der Waals surface area contributed by atoms with E-state index in [1.165, 1.54) is 36.8 Å². The molecule has 0 saturated carbocycles. The molecule has 0 spiro atoms. The fraction of sp³-hybridized carbons (Fsp3) is 0.533. The quantitative estimate of drug-likeness (QED) is 0.692. The molecule has 1 aromatic rings. The van der Waals surface area contributed by atoms with Crippen molar-refractivity contribution < 1.29 is 0 Å². The van der Waals surface area contributed by atoms with E-state index in [0.717, 1.165) is 12.8 Å². The summed E-state index contributed by atoms with van der Waals surface area (Å²) in [5.41, 5.74) is 6.05. The second-order valence-electron chi connectivity index (χ2n) is 4.41. The number of rotatable bonds is 3.